The molecule has 6 heteroatoms. The average Bonchev–Trinajstić information content (AvgIpc) is 2.45. The first kappa shape index (κ1) is 16.3. The second-order valence-electron chi connectivity index (χ2n) is 4.39. The second kappa shape index (κ2) is 8.39. The molecule has 0 saturated heterocycles. The molecule has 1 unspecified atom stereocenters. The summed E-state index contributed by atoms with van der Waals surface area (Å²) in [6, 6.07) is 5.14. The van der Waals surface area contributed by atoms with Crippen LogP contribution in [0.5, 0.6) is 11.5 Å². The fourth-order valence-electron chi connectivity index (χ4n) is 1.69. The number of aliphatic hydroxyl groups excluding tert-OH is 1. The molecule has 1 rings (SSSR count). The van der Waals surface area contributed by atoms with Crippen LogP contribution in [-0.2, 0) is 4.79 Å². The Labute approximate surface area is 119 Å². The molecule has 0 radical (unpaired) electrons. The van der Waals surface area contributed by atoms with Crippen molar-refractivity contribution < 1.29 is 19.4 Å². The molecule has 0 aromatic heterocycles. The monoisotopic (exact) mass is 282 g/mol. The number of carbonyl (C=O) groups excluding carboxylic acids is 1. The Morgan fingerprint density at radius 2 is 2.15 bits per heavy atom. The molecule has 0 aliphatic heterocycles. The summed E-state index contributed by atoms with van der Waals surface area (Å²) in [6.07, 6.45) is 0. The first-order valence-corrected chi connectivity index (χ1v) is 6.49. The van der Waals surface area contributed by atoms with E-state index in [4.69, 9.17) is 14.6 Å². The quantitative estimate of drug-likeness (QED) is 0.659. The van der Waals surface area contributed by atoms with E-state index in [-0.39, 0.29) is 25.0 Å². The molecule has 0 saturated carbocycles. The van der Waals surface area contributed by atoms with E-state index in [0.29, 0.717) is 23.7 Å². The van der Waals surface area contributed by atoms with Crippen molar-refractivity contribution in [3.05, 3.63) is 18.2 Å². The van der Waals surface area contributed by atoms with E-state index in [1.165, 1.54) is 7.11 Å². The van der Waals surface area contributed by atoms with E-state index in [0.717, 1.165) is 0 Å². The average molecular weight is 282 g/mol. The smallest absolute Gasteiger partial charge is 0.228 e. The molecule has 6 nitrogen and oxygen atoms in total. The highest BCUT2D eigenvalue weighted by atomic mass is 16.5. The van der Waals surface area contributed by atoms with Crippen LogP contribution in [0.3, 0.4) is 0 Å². The number of hydrogen-bond acceptors (Lipinski definition) is 5. The second-order valence-corrected chi connectivity index (χ2v) is 4.39. The van der Waals surface area contributed by atoms with Gasteiger partial charge in [-0.3, -0.25) is 4.79 Å². The maximum absolute atomic E-state index is 11.9. The molecule has 0 bridgehead atoms. The Balaban J connectivity index is 2.77. The van der Waals surface area contributed by atoms with Gasteiger partial charge in [-0.15, -0.1) is 0 Å². The van der Waals surface area contributed by atoms with Crippen LogP contribution in [0, 0.1) is 5.92 Å². The van der Waals surface area contributed by atoms with E-state index >= 15 is 0 Å². The maximum atomic E-state index is 11.9. The third-order valence-electron chi connectivity index (χ3n) is 2.74. The lowest BCUT2D eigenvalue weighted by atomic mass is 10.1. The number of aliphatic hydroxyl groups is 1. The zero-order valence-electron chi connectivity index (χ0n) is 12.1. The number of anilines is 1. The lowest BCUT2D eigenvalue weighted by Gasteiger charge is -2.14. The van der Waals surface area contributed by atoms with Crippen LogP contribution in [0.15, 0.2) is 18.2 Å². The minimum Gasteiger partial charge on any atom is -0.493 e. The van der Waals surface area contributed by atoms with Gasteiger partial charge in [0.1, 0.15) is 6.61 Å². The SMILES string of the molecule is CNCC(C)C(=O)Nc1ccc(OC)c(OCCO)c1. The summed E-state index contributed by atoms with van der Waals surface area (Å²) in [6.45, 7) is 2.54. The third kappa shape index (κ3) is 4.71. The molecule has 0 heterocycles. The summed E-state index contributed by atoms with van der Waals surface area (Å²) in [5.41, 5.74) is 0.631. The van der Waals surface area contributed by atoms with Crippen molar-refractivity contribution in [2.45, 2.75) is 6.92 Å². The minimum atomic E-state index is -0.135. The standard InChI is InChI=1S/C14H22N2O4/c1-10(9-15-2)14(18)16-11-4-5-12(19-3)13(8-11)20-7-6-17/h4-5,8,10,15,17H,6-7,9H2,1-3H3,(H,16,18). The van der Waals surface area contributed by atoms with Gasteiger partial charge in [-0.1, -0.05) is 6.92 Å². The number of benzene rings is 1. The van der Waals surface area contributed by atoms with Crippen molar-refractivity contribution in [3.8, 4) is 11.5 Å². The number of ether oxygens (including phenoxy) is 2. The van der Waals surface area contributed by atoms with Gasteiger partial charge in [-0.25, -0.2) is 0 Å². The lowest BCUT2D eigenvalue weighted by Crippen LogP contribution is -2.28. The Bertz CT molecular complexity index is 437. The van der Waals surface area contributed by atoms with E-state index in [9.17, 15) is 4.79 Å². The molecule has 0 aliphatic carbocycles. The molecule has 0 fully saturated rings. The van der Waals surface area contributed by atoms with Gasteiger partial charge in [0.25, 0.3) is 0 Å². The van der Waals surface area contributed by atoms with Crippen LogP contribution in [-0.4, -0.2) is 44.9 Å². The van der Waals surface area contributed by atoms with E-state index in [1.54, 1.807) is 25.2 Å². The number of amides is 1. The van der Waals surface area contributed by atoms with Crippen LogP contribution in [0.2, 0.25) is 0 Å². The number of rotatable bonds is 8. The predicted molar refractivity (Wildman–Crippen MR) is 77.3 cm³/mol. The summed E-state index contributed by atoms with van der Waals surface area (Å²) < 4.78 is 10.5. The molecular formula is C14H22N2O4. The zero-order chi connectivity index (χ0) is 15.0. The van der Waals surface area contributed by atoms with Gasteiger partial charge in [-0.05, 0) is 19.2 Å². The number of methoxy groups -OCH3 is 1. The van der Waals surface area contributed by atoms with Crippen LogP contribution >= 0.6 is 0 Å². The Hall–Kier alpha value is -1.79. The van der Waals surface area contributed by atoms with Gasteiger partial charge in [0, 0.05) is 24.2 Å². The third-order valence-corrected chi connectivity index (χ3v) is 2.74. The van der Waals surface area contributed by atoms with Crippen molar-refractivity contribution in [1.82, 2.24) is 5.32 Å². The first-order chi connectivity index (χ1) is 9.62. The molecule has 112 valence electrons. The summed E-state index contributed by atoms with van der Waals surface area (Å²) in [7, 11) is 3.34. The molecule has 0 aliphatic rings. The highest BCUT2D eigenvalue weighted by Crippen LogP contribution is 2.30. The van der Waals surface area contributed by atoms with Crippen molar-refractivity contribution >= 4 is 11.6 Å². The fraction of sp³-hybridized carbons (Fsp3) is 0.500. The van der Waals surface area contributed by atoms with Gasteiger partial charge < -0.3 is 25.2 Å². The molecule has 0 spiro atoms. The molecule has 1 atom stereocenters. The van der Waals surface area contributed by atoms with Gasteiger partial charge in [-0.2, -0.15) is 0 Å². The van der Waals surface area contributed by atoms with Crippen molar-refractivity contribution in [3.63, 3.8) is 0 Å². The maximum Gasteiger partial charge on any atom is 0.228 e. The van der Waals surface area contributed by atoms with E-state index < -0.39 is 0 Å². The number of nitrogens with one attached hydrogen (secondary N) is 2. The fourth-order valence-corrected chi connectivity index (χ4v) is 1.69. The van der Waals surface area contributed by atoms with E-state index in [2.05, 4.69) is 10.6 Å². The van der Waals surface area contributed by atoms with Crippen molar-refractivity contribution in [2.75, 3.05) is 39.2 Å². The Kier molecular flexibility index (Phi) is 6.83. The largest absolute Gasteiger partial charge is 0.493 e. The highest BCUT2D eigenvalue weighted by Gasteiger charge is 2.13. The van der Waals surface area contributed by atoms with E-state index in [1.807, 2.05) is 6.92 Å². The van der Waals surface area contributed by atoms with Gasteiger partial charge in [0.05, 0.1) is 13.7 Å². The lowest BCUT2D eigenvalue weighted by molar-refractivity contribution is -0.119. The summed E-state index contributed by atoms with van der Waals surface area (Å²) >= 11 is 0. The van der Waals surface area contributed by atoms with Gasteiger partial charge in [0.2, 0.25) is 5.91 Å². The molecule has 20 heavy (non-hydrogen) atoms. The number of hydrogen-bond donors (Lipinski definition) is 3. The molecule has 3 N–H and O–H groups in total. The predicted octanol–water partition coefficient (Wildman–Crippen LogP) is 0.860. The zero-order valence-corrected chi connectivity index (χ0v) is 12.1. The molecule has 1 aromatic carbocycles. The van der Waals surface area contributed by atoms with Crippen LogP contribution in [0.1, 0.15) is 6.92 Å². The highest BCUT2D eigenvalue weighted by molar-refractivity contribution is 5.92. The Morgan fingerprint density at radius 1 is 1.40 bits per heavy atom. The Morgan fingerprint density at radius 3 is 2.75 bits per heavy atom. The van der Waals surface area contributed by atoms with Gasteiger partial charge in [0.15, 0.2) is 11.5 Å². The molecule has 1 amide bonds. The minimum absolute atomic E-state index is 0.0716. The molecule has 1 aromatic rings. The van der Waals surface area contributed by atoms with Gasteiger partial charge >= 0.3 is 0 Å². The van der Waals surface area contributed by atoms with Crippen molar-refractivity contribution in [1.29, 1.82) is 0 Å². The normalized spacial score (nSPS) is 11.8. The topological polar surface area (TPSA) is 79.8 Å². The summed E-state index contributed by atoms with van der Waals surface area (Å²) in [5, 5.41) is 14.6. The van der Waals surface area contributed by atoms with Crippen molar-refractivity contribution in [2.24, 2.45) is 5.92 Å². The van der Waals surface area contributed by atoms with Crippen LogP contribution < -0.4 is 20.1 Å². The van der Waals surface area contributed by atoms with Crippen LogP contribution in [0.25, 0.3) is 0 Å². The summed E-state index contributed by atoms with van der Waals surface area (Å²) in [5.74, 6) is 0.835. The summed E-state index contributed by atoms with van der Waals surface area (Å²) in [4.78, 5) is 11.9. The number of carbonyl (C=O) groups is 1. The molecular weight excluding hydrogens is 260 g/mol. The van der Waals surface area contributed by atoms with Crippen LogP contribution in [0.4, 0.5) is 5.69 Å². The first-order valence-electron chi connectivity index (χ1n) is 6.49.